The summed E-state index contributed by atoms with van der Waals surface area (Å²) in [5.74, 6) is 0.302. The molecule has 0 aliphatic carbocycles. The first kappa shape index (κ1) is 17.1. The number of hydrogen-bond acceptors (Lipinski definition) is 7. The van der Waals surface area contributed by atoms with Crippen molar-refractivity contribution in [3.05, 3.63) is 64.4 Å². The second-order valence-corrected chi connectivity index (χ2v) is 7.91. The quantitative estimate of drug-likeness (QED) is 0.573. The van der Waals surface area contributed by atoms with E-state index in [0.717, 1.165) is 43.1 Å². The molecule has 0 unspecified atom stereocenters. The van der Waals surface area contributed by atoms with Crippen LogP contribution in [0.4, 0.5) is 5.13 Å². The van der Waals surface area contributed by atoms with Gasteiger partial charge in [-0.05, 0) is 19.1 Å². The van der Waals surface area contributed by atoms with Gasteiger partial charge in [-0.15, -0.1) is 11.3 Å². The molecule has 5 heterocycles. The molecule has 4 aromatic heterocycles. The molecule has 0 spiro atoms. The Hall–Kier alpha value is -3.04. The summed E-state index contributed by atoms with van der Waals surface area (Å²) in [6.45, 7) is 4.27. The van der Waals surface area contributed by atoms with Gasteiger partial charge in [0.15, 0.2) is 10.8 Å². The van der Waals surface area contributed by atoms with Gasteiger partial charge < -0.3 is 8.92 Å². The van der Waals surface area contributed by atoms with Crippen LogP contribution in [0.25, 0.3) is 5.65 Å². The number of rotatable bonds is 4. The van der Waals surface area contributed by atoms with E-state index in [0.29, 0.717) is 10.9 Å². The van der Waals surface area contributed by atoms with Crippen molar-refractivity contribution in [1.82, 2.24) is 24.4 Å². The average molecular weight is 394 g/mol. The summed E-state index contributed by atoms with van der Waals surface area (Å²) >= 11 is 1.52. The fourth-order valence-corrected chi connectivity index (χ4v) is 4.41. The minimum atomic E-state index is -0.301. The zero-order chi connectivity index (χ0) is 19.1. The van der Waals surface area contributed by atoms with Gasteiger partial charge in [0, 0.05) is 49.4 Å². The van der Waals surface area contributed by atoms with Gasteiger partial charge >= 0.3 is 0 Å². The van der Waals surface area contributed by atoms with Crippen LogP contribution in [0.1, 0.15) is 32.5 Å². The average Bonchev–Trinajstić information content (AvgIpc) is 3.38. The highest BCUT2D eigenvalue weighted by Crippen LogP contribution is 2.29. The number of aryl methyl sites for hydroxylation is 1. The summed E-state index contributed by atoms with van der Waals surface area (Å²) in [7, 11) is 0. The second kappa shape index (κ2) is 6.84. The Balaban J connectivity index is 1.27. The number of anilines is 1. The molecule has 0 aromatic carbocycles. The fraction of sp³-hybridized carbons (Fsp3) is 0.263. The molecule has 0 fully saturated rings. The molecule has 1 aliphatic heterocycles. The summed E-state index contributed by atoms with van der Waals surface area (Å²) in [6, 6.07) is 7.61. The van der Waals surface area contributed by atoms with E-state index in [4.69, 9.17) is 4.52 Å². The van der Waals surface area contributed by atoms with Crippen molar-refractivity contribution in [1.29, 1.82) is 0 Å². The van der Waals surface area contributed by atoms with Gasteiger partial charge in [0.1, 0.15) is 11.4 Å². The monoisotopic (exact) mass is 394 g/mol. The van der Waals surface area contributed by atoms with E-state index >= 15 is 0 Å². The number of nitrogens with zero attached hydrogens (tertiary/aromatic N) is 5. The highest BCUT2D eigenvalue weighted by molar-refractivity contribution is 7.15. The molecule has 0 atom stereocenters. The van der Waals surface area contributed by atoms with Crippen LogP contribution in [0.5, 0.6) is 0 Å². The SMILES string of the molecule is Cc1cc(C(=O)Nc2nc3c(s2)CN(Cc2cn4ccccc4n2)CC3)no1. The van der Waals surface area contributed by atoms with Gasteiger partial charge in [-0.2, -0.15) is 0 Å². The number of amides is 1. The van der Waals surface area contributed by atoms with Gasteiger partial charge in [-0.1, -0.05) is 11.2 Å². The zero-order valence-corrected chi connectivity index (χ0v) is 16.1. The number of pyridine rings is 1. The minimum Gasteiger partial charge on any atom is -0.361 e. The van der Waals surface area contributed by atoms with E-state index in [-0.39, 0.29) is 11.6 Å². The molecule has 0 saturated heterocycles. The van der Waals surface area contributed by atoms with Crippen LogP contribution in [-0.4, -0.2) is 36.9 Å². The first-order valence-corrected chi connectivity index (χ1v) is 9.84. The Kier molecular flexibility index (Phi) is 4.18. The maximum atomic E-state index is 12.2. The molecular weight excluding hydrogens is 376 g/mol. The van der Waals surface area contributed by atoms with E-state index < -0.39 is 0 Å². The molecule has 9 heteroatoms. The number of nitrogens with one attached hydrogen (secondary N) is 1. The molecule has 8 nitrogen and oxygen atoms in total. The highest BCUT2D eigenvalue weighted by atomic mass is 32.1. The smallest absolute Gasteiger partial charge is 0.279 e. The molecule has 0 bridgehead atoms. The van der Waals surface area contributed by atoms with Gasteiger partial charge in [0.05, 0.1) is 11.4 Å². The van der Waals surface area contributed by atoms with Crippen molar-refractivity contribution in [2.75, 3.05) is 11.9 Å². The first-order valence-electron chi connectivity index (χ1n) is 9.02. The largest absolute Gasteiger partial charge is 0.361 e. The van der Waals surface area contributed by atoms with Crippen molar-refractivity contribution in [3.63, 3.8) is 0 Å². The predicted octanol–water partition coefficient (Wildman–Crippen LogP) is 2.90. The predicted molar refractivity (Wildman–Crippen MR) is 104 cm³/mol. The van der Waals surface area contributed by atoms with Gasteiger partial charge in [-0.25, -0.2) is 9.97 Å². The Bertz CT molecular complexity index is 1130. The topological polar surface area (TPSA) is 88.6 Å². The van der Waals surface area contributed by atoms with Crippen LogP contribution in [0.15, 0.2) is 41.2 Å². The Morgan fingerprint density at radius 1 is 1.36 bits per heavy atom. The van der Waals surface area contributed by atoms with Gasteiger partial charge in [-0.3, -0.25) is 15.0 Å². The number of hydrogen-bond donors (Lipinski definition) is 1. The van der Waals surface area contributed by atoms with Gasteiger partial charge in [0.2, 0.25) is 0 Å². The number of carbonyl (C=O) groups is 1. The molecule has 5 rings (SSSR count). The Labute approximate surface area is 164 Å². The molecule has 1 amide bonds. The summed E-state index contributed by atoms with van der Waals surface area (Å²) in [4.78, 5) is 25.0. The summed E-state index contributed by atoms with van der Waals surface area (Å²) in [5, 5.41) is 7.17. The summed E-state index contributed by atoms with van der Waals surface area (Å²) in [6.07, 6.45) is 4.94. The molecule has 1 N–H and O–H groups in total. The van der Waals surface area contributed by atoms with Crippen LogP contribution in [0, 0.1) is 6.92 Å². The molecule has 142 valence electrons. The van der Waals surface area contributed by atoms with Gasteiger partial charge in [0.25, 0.3) is 5.91 Å². The summed E-state index contributed by atoms with van der Waals surface area (Å²) in [5.41, 5.74) is 3.33. The van der Waals surface area contributed by atoms with Crippen LogP contribution in [0.3, 0.4) is 0 Å². The number of carbonyl (C=O) groups excluding carboxylic acids is 1. The summed E-state index contributed by atoms with van der Waals surface area (Å²) < 4.78 is 6.99. The number of thiazole rings is 1. The lowest BCUT2D eigenvalue weighted by atomic mass is 10.2. The van der Waals surface area contributed by atoms with Crippen molar-refractivity contribution in [2.45, 2.75) is 26.4 Å². The maximum Gasteiger partial charge on any atom is 0.279 e. The van der Waals surface area contributed by atoms with Crippen LogP contribution in [-0.2, 0) is 19.5 Å². The lowest BCUT2D eigenvalue weighted by Gasteiger charge is -2.24. The van der Waals surface area contributed by atoms with Crippen molar-refractivity contribution in [2.24, 2.45) is 0 Å². The third-order valence-electron chi connectivity index (χ3n) is 4.69. The highest BCUT2D eigenvalue weighted by Gasteiger charge is 2.23. The Morgan fingerprint density at radius 3 is 3.11 bits per heavy atom. The lowest BCUT2D eigenvalue weighted by molar-refractivity contribution is 0.101. The van der Waals surface area contributed by atoms with Crippen LogP contribution in [0.2, 0.25) is 0 Å². The van der Waals surface area contributed by atoms with E-state index in [2.05, 4.69) is 31.5 Å². The minimum absolute atomic E-state index is 0.263. The van der Waals surface area contributed by atoms with Crippen molar-refractivity contribution < 1.29 is 9.32 Å². The van der Waals surface area contributed by atoms with Crippen molar-refractivity contribution in [3.8, 4) is 0 Å². The van der Waals surface area contributed by atoms with E-state index in [1.807, 2.05) is 28.8 Å². The number of fused-ring (bicyclic) bond motifs is 2. The normalized spacial score (nSPS) is 14.3. The fourth-order valence-electron chi connectivity index (χ4n) is 3.36. The van der Waals surface area contributed by atoms with Crippen LogP contribution >= 0.6 is 11.3 Å². The first-order chi connectivity index (χ1) is 13.6. The Morgan fingerprint density at radius 2 is 2.29 bits per heavy atom. The second-order valence-electron chi connectivity index (χ2n) is 6.82. The van der Waals surface area contributed by atoms with Crippen LogP contribution < -0.4 is 5.32 Å². The third kappa shape index (κ3) is 3.30. The third-order valence-corrected chi connectivity index (χ3v) is 5.69. The molecule has 1 aliphatic rings. The lowest BCUT2D eigenvalue weighted by Crippen LogP contribution is -2.29. The molecule has 28 heavy (non-hydrogen) atoms. The molecular formula is C19H18N6O2S. The van der Waals surface area contributed by atoms with E-state index in [9.17, 15) is 4.79 Å². The molecule has 4 aromatic rings. The molecule has 0 saturated carbocycles. The standard InChI is InChI=1S/C19H18N6O2S/c1-12-8-15(23-27-12)18(26)22-19-21-14-5-7-24(11-16(14)28-19)9-13-10-25-6-3-2-4-17(25)20-13/h2-4,6,8,10H,5,7,9,11H2,1H3,(H,21,22,26). The maximum absolute atomic E-state index is 12.2. The van der Waals surface area contributed by atoms with E-state index in [1.165, 1.54) is 16.2 Å². The molecule has 0 radical (unpaired) electrons. The van der Waals surface area contributed by atoms with E-state index in [1.54, 1.807) is 13.0 Å². The van der Waals surface area contributed by atoms with Crippen molar-refractivity contribution >= 4 is 28.0 Å². The zero-order valence-electron chi connectivity index (χ0n) is 15.3. The number of aromatic nitrogens is 4. The number of imidazole rings is 1.